The summed E-state index contributed by atoms with van der Waals surface area (Å²) in [6, 6.07) is 8.83. The van der Waals surface area contributed by atoms with Crippen molar-refractivity contribution < 1.29 is 4.74 Å². The molecule has 6 heteroatoms. The Balaban J connectivity index is 0.00000261. The molecule has 27 heavy (non-hydrogen) atoms. The highest BCUT2D eigenvalue weighted by Gasteiger charge is 2.19. The number of aliphatic imine (C=N–C) groups is 1. The van der Waals surface area contributed by atoms with Crippen LogP contribution in [0.5, 0.6) is 0 Å². The summed E-state index contributed by atoms with van der Waals surface area (Å²) in [7, 11) is 1.88. The second kappa shape index (κ2) is 11.7. The molecule has 150 valence electrons. The van der Waals surface area contributed by atoms with Gasteiger partial charge in [0.2, 0.25) is 0 Å². The summed E-state index contributed by atoms with van der Waals surface area (Å²) in [5.41, 5.74) is 4.25. The van der Waals surface area contributed by atoms with Gasteiger partial charge in [-0.05, 0) is 25.3 Å². The van der Waals surface area contributed by atoms with Crippen molar-refractivity contribution in [2.75, 3.05) is 53.0 Å². The van der Waals surface area contributed by atoms with Crippen LogP contribution in [-0.2, 0) is 11.3 Å². The normalized spacial score (nSPS) is 18.7. The molecule has 1 N–H and O–H groups in total. The van der Waals surface area contributed by atoms with E-state index in [0.29, 0.717) is 0 Å². The maximum atomic E-state index is 5.37. The van der Waals surface area contributed by atoms with E-state index in [4.69, 9.17) is 4.74 Å². The van der Waals surface area contributed by atoms with E-state index in [2.05, 4.69) is 57.4 Å². The summed E-state index contributed by atoms with van der Waals surface area (Å²) in [5, 5.41) is 3.53. The Bertz CT molecular complexity index is 639. The van der Waals surface area contributed by atoms with Crippen LogP contribution in [0.25, 0.3) is 0 Å². The van der Waals surface area contributed by atoms with E-state index >= 15 is 0 Å². The van der Waals surface area contributed by atoms with Crippen LogP contribution in [0.15, 0.2) is 40.9 Å². The van der Waals surface area contributed by atoms with Gasteiger partial charge >= 0.3 is 0 Å². The summed E-state index contributed by atoms with van der Waals surface area (Å²) < 4.78 is 5.37. The molecule has 5 nitrogen and oxygen atoms in total. The highest BCUT2D eigenvalue weighted by Crippen LogP contribution is 2.12. The number of ether oxygens (including phenoxy) is 1. The Morgan fingerprint density at radius 2 is 2.04 bits per heavy atom. The largest absolute Gasteiger partial charge is 0.377 e. The highest BCUT2D eigenvalue weighted by molar-refractivity contribution is 14.0. The summed E-state index contributed by atoms with van der Waals surface area (Å²) in [4.78, 5) is 9.40. The van der Waals surface area contributed by atoms with E-state index < -0.39 is 0 Å². The first-order chi connectivity index (χ1) is 12.7. The molecule has 0 aromatic heterocycles. The first-order valence-corrected chi connectivity index (χ1v) is 9.74. The van der Waals surface area contributed by atoms with Gasteiger partial charge in [-0.1, -0.05) is 41.5 Å². The van der Waals surface area contributed by atoms with Crippen LogP contribution in [0.2, 0.25) is 0 Å². The van der Waals surface area contributed by atoms with Gasteiger partial charge in [0.25, 0.3) is 0 Å². The van der Waals surface area contributed by atoms with E-state index in [1.807, 2.05) is 7.05 Å². The smallest absolute Gasteiger partial charge is 0.193 e. The van der Waals surface area contributed by atoms with Crippen molar-refractivity contribution in [1.29, 1.82) is 0 Å². The summed E-state index contributed by atoms with van der Waals surface area (Å²) >= 11 is 0. The van der Waals surface area contributed by atoms with Crippen LogP contribution in [0.4, 0.5) is 0 Å². The lowest BCUT2D eigenvalue weighted by Crippen LogP contribution is -2.52. The zero-order chi connectivity index (χ0) is 18.2. The summed E-state index contributed by atoms with van der Waals surface area (Å²) in [6.07, 6.45) is 4.37. The Morgan fingerprint density at radius 1 is 1.22 bits per heavy atom. The molecule has 0 atom stereocenters. The van der Waals surface area contributed by atoms with E-state index in [9.17, 15) is 0 Å². The van der Waals surface area contributed by atoms with Gasteiger partial charge in [0.05, 0.1) is 13.2 Å². The van der Waals surface area contributed by atoms with Crippen molar-refractivity contribution in [3.63, 3.8) is 0 Å². The molecule has 1 aromatic rings. The number of rotatable bonds is 5. The minimum absolute atomic E-state index is 0. The van der Waals surface area contributed by atoms with Crippen LogP contribution < -0.4 is 5.32 Å². The van der Waals surface area contributed by atoms with E-state index in [1.54, 1.807) is 0 Å². The van der Waals surface area contributed by atoms with Gasteiger partial charge in [0, 0.05) is 46.3 Å². The minimum atomic E-state index is 0. The number of nitrogens with zero attached hydrogens (tertiary/aromatic N) is 3. The molecule has 0 saturated carbocycles. The molecule has 0 bridgehead atoms. The lowest BCUT2D eigenvalue weighted by Gasteiger charge is -2.36. The zero-order valence-electron chi connectivity index (χ0n) is 16.6. The van der Waals surface area contributed by atoms with Crippen LogP contribution in [0.3, 0.4) is 0 Å². The van der Waals surface area contributed by atoms with Gasteiger partial charge in [0.1, 0.15) is 0 Å². The molecule has 0 radical (unpaired) electrons. The zero-order valence-corrected chi connectivity index (χ0v) is 18.9. The Morgan fingerprint density at radius 3 is 2.70 bits per heavy atom. The number of nitrogens with one attached hydrogen (secondary N) is 1. The highest BCUT2D eigenvalue weighted by atomic mass is 127. The van der Waals surface area contributed by atoms with E-state index in [1.165, 1.54) is 16.7 Å². The van der Waals surface area contributed by atoms with Crippen LogP contribution in [0.1, 0.15) is 24.0 Å². The third-order valence-corrected chi connectivity index (χ3v) is 5.16. The number of hydrogen-bond acceptors (Lipinski definition) is 3. The predicted molar refractivity (Wildman–Crippen MR) is 123 cm³/mol. The number of aryl methyl sites for hydroxylation is 1. The average molecular weight is 484 g/mol. The van der Waals surface area contributed by atoms with E-state index in [0.717, 1.165) is 71.3 Å². The Kier molecular flexibility index (Phi) is 9.58. The summed E-state index contributed by atoms with van der Waals surface area (Å²) in [5.74, 6) is 1.04. The number of hydrogen-bond donors (Lipinski definition) is 1. The fourth-order valence-electron chi connectivity index (χ4n) is 3.65. The number of piperazine rings is 1. The molecule has 2 heterocycles. The molecule has 0 amide bonds. The van der Waals surface area contributed by atoms with Crippen molar-refractivity contribution in [2.45, 2.75) is 26.3 Å². The molecule has 2 aliphatic heterocycles. The fraction of sp³-hybridized carbons (Fsp3) is 0.571. The molecule has 0 spiro atoms. The average Bonchev–Trinajstić information content (AvgIpc) is 2.67. The molecular formula is C21H33IN4O. The molecule has 0 unspecified atom stereocenters. The molecule has 1 saturated heterocycles. The van der Waals surface area contributed by atoms with Gasteiger partial charge in [0.15, 0.2) is 5.96 Å². The second-order valence-corrected chi connectivity index (χ2v) is 7.16. The van der Waals surface area contributed by atoms with Crippen molar-refractivity contribution in [3.05, 3.63) is 47.0 Å². The van der Waals surface area contributed by atoms with E-state index in [-0.39, 0.29) is 24.0 Å². The maximum Gasteiger partial charge on any atom is 0.193 e. The minimum Gasteiger partial charge on any atom is -0.377 e. The number of benzene rings is 1. The molecule has 3 rings (SSSR count). The molecule has 0 aliphatic carbocycles. The number of halogens is 1. The lowest BCUT2D eigenvalue weighted by atomic mass is 10.1. The SMILES string of the molecule is CN=C(NCCC1=CCOCC1)N1CCN(Cc2cccc(C)c2)CC1.I. The molecular weight excluding hydrogens is 451 g/mol. The maximum absolute atomic E-state index is 5.37. The predicted octanol–water partition coefficient (Wildman–Crippen LogP) is 3.04. The topological polar surface area (TPSA) is 40.1 Å². The van der Waals surface area contributed by atoms with Crippen molar-refractivity contribution >= 4 is 29.9 Å². The molecule has 1 aromatic carbocycles. The van der Waals surface area contributed by atoms with Gasteiger partial charge in [-0.15, -0.1) is 24.0 Å². The Hall–Kier alpha value is -1.12. The van der Waals surface area contributed by atoms with Crippen molar-refractivity contribution in [3.8, 4) is 0 Å². The third-order valence-electron chi connectivity index (χ3n) is 5.16. The standard InChI is InChI=1S/C21H32N4O.HI/c1-18-4-3-5-20(16-18)17-24-10-12-25(13-11-24)21(22-2)23-9-6-19-7-14-26-15-8-19;/h3-5,7,16H,6,8-15,17H2,1-2H3,(H,22,23);1H. The molecule has 2 aliphatic rings. The van der Waals surface area contributed by atoms with Crippen LogP contribution in [0, 0.1) is 6.92 Å². The number of guanidine groups is 1. The van der Waals surface area contributed by atoms with Gasteiger partial charge in [-0.25, -0.2) is 0 Å². The van der Waals surface area contributed by atoms with Gasteiger partial charge in [-0.2, -0.15) is 0 Å². The second-order valence-electron chi connectivity index (χ2n) is 7.16. The fourth-order valence-corrected chi connectivity index (χ4v) is 3.65. The van der Waals surface area contributed by atoms with Gasteiger partial charge < -0.3 is 15.0 Å². The first-order valence-electron chi connectivity index (χ1n) is 9.74. The molecule has 1 fully saturated rings. The van der Waals surface area contributed by atoms with Crippen molar-refractivity contribution in [1.82, 2.24) is 15.1 Å². The summed E-state index contributed by atoms with van der Waals surface area (Å²) in [6.45, 7) is 10.0. The third kappa shape index (κ3) is 7.08. The first kappa shape index (κ1) is 22.2. The Labute approximate surface area is 180 Å². The van der Waals surface area contributed by atoms with Gasteiger partial charge in [-0.3, -0.25) is 9.89 Å². The monoisotopic (exact) mass is 484 g/mol. The van der Waals surface area contributed by atoms with Crippen LogP contribution >= 0.6 is 24.0 Å². The quantitative estimate of drug-likeness (QED) is 0.302. The van der Waals surface area contributed by atoms with Crippen molar-refractivity contribution in [2.24, 2.45) is 4.99 Å². The lowest BCUT2D eigenvalue weighted by molar-refractivity contribution is 0.153. The van der Waals surface area contributed by atoms with Crippen LogP contribution in [-0.4, -0.2) is 68.7 Å².